The predicted molar refractivity (Wildman–Crippen MR) is 121 cm³/mol. The third-order valence-electron chi connectivity index (χ3n) is 4.46. The Morgan fingerprint density at radius 1 is 1.00 bits per heavy atom. The molecule has 2 N–H and O–H groups in total. The molecule has 0 spiro atoms. The third kappa shape index (κ3) is 5.84. The van der Waals surface area contributed by atoms with Gasteiger partial charge in [-0.1, -0.05) is 37.1 Å². The summed E-state index contributed by atoms with van der Waals surface area (Å²) in [6.45, 7) is 0.369. The van der Waals surface area contributed by atoms with Gasteiger partial charge in [0.05, 0.1) is 22.9 Å². The summed E-state index contributed by atoms with van der Waals surface area (Å²) in [5, 5.41) is 14.6. The van der Waals surface area contributed by atoms with Crippen LogP contribution in [0, 0.1) is 17.1 Å². The number of benzene rings is 3. The van der Waals surface area contributed by atoms with E-state index in [1.165, 1.54) is 12.1 Å². The molecule has 0 radical (unpaired) electrons. The van der Waals surface area contributed by atoms with Crippen molar-refractivity contribution in [2.24, 2.45) is 0 Å². The van der Waals surface area contributed by atoms with Gasteiger partial charge in [0, 0.05) is 12.2 Å². The molecule has 3 aromatic carbocycles. The fourth-order valence-electron chi connectivity index (χ4n) is 2.82. The molecule has 3 rings (SSSR count). The molecule has 0 fully saturated rings. The standard InChI is InChI=1S/C23H19FN4O2S/c24-18-7-5-16(6-8-18)13-14-26-23(30)28(31)20-11-9-19(10-12-20)27-22(29)21-4-2-1-3-17(21)15-25/h1-12,31H,13-14H2,(H,26,30)(H,27,29). The van der Waals surface area contributed by atoms with Crippen LogP contribution in [0.5, 0.6) is 0 Å². The Labute approximate surface area is 184 Å². The van der Waals surface area contributed by atoms with Crippen molar-refractivity contribution in [1.82, 2.24) is 5.32 Å². The number of carbonyl (C=O) groups excluding carboxylic acids is 2. The maximum Gasteiger partial charge on any atom is 0.331 e. The fraction of sp³-hybridized carbons (Fsp3) is 0.0870. The molecule has 0 bridgehead atoms. The van der Waals surface area contributed by atoms with Crippen molar-refractivity contribution in [3.8, 4) is 6.07 Å². The van der Waals surface area contributed by atoms with Gasteiger partial charge >= 0.3 is 6.03 Å². The van der Waals surface area contributed by atoms with Crippen LogP contribution in [0.1, 0.15) is 21.5 Å². The molecule has 0 saturated carbocycles. The van der Waals surface area contributed by atoms with Crippen molar-refractivity contribution in [3.05, 3.63) is 95.3 Å². The Morgan fingerprint density at radius 3 is 2.35 bits per heavy atom. The zero-order valence-corrected chi connectivity index (χ0v) is 17.3. The molecule has 3 amide bonds. The first kappa shape index (κ1) is 21.9. The van der Waals surface area contributed by atoms with E-state index in [1.54, 1.807) is 60.7 Å². The summed E-state index contributed by atoms with van der Waals surface area (Å²) in [5.41, 5.74) is 2.50. The van der Waals surface area contributed by atoms with E-state index in [0.717, 1.165) is 9.87 Å². The van der Waals surface area contributed by atoms with E-state index in [-0.39, 0.29) is 16.9 Å². The minimum Gasteiger partial charge on any atom is -0.337 e. The van der Waals surface area contributed by atoms with Crippen LogP contribution < -0.4 is 14.9 Å². The molecule has 31 heavy (non-hydrogen) atoms. The summed E-state index contributed by atoms with van der Waals surface area (Å²) in [6.07, 6.45) is 0.558. The smallest absolute Gasteiger partial charge is 0.331 e. The summed E-state index contributed by atoms with van der Waals surface area (Å²) in [7, 11) is 0. The second kappa shape index (κ2) is 10.3. The van der Waals surface area contributed by atoms with Gasteiger partial charge in [0.25, 0.3) is 5.91 Å². The van der Waals surface area contributed by atoms with Crippen molar-refractivity contribution in [3.63, 3.8) is 0 Å². The molecule has 3 aromatic rings. The molecule has 0 unspecified atom stereocenters. The molecule has 6 nitrogen and oxygen atoms in total. The quantitative estimate of drug-likeness (QED) is 0.498. The average Bonchev–Trinajstić information content (AvgIpc) is 2.80. The lowest BCUT2D eigenvalue weighted by molar-refractivity contribution is 0.102. The number of nitrogens with one attached hydrogen (secondary N) is 2. The van der Waals surface area contributed by atoms with Crippen LogP contribution >= 0.6 is 12.8 Å². The van der Waals surface area contributed by atoms with E-state index >= 15 is 0 Å². The number of halogens is 1. The first-order chi connectivity index (χ1) is 15.0. The Hall–Kier alpha value is -3.83. The number of hydrogen-bond acceptors (Lipinski definition) is 4. The molecule has 0 aromatic heterocycles. The van der Waals surface area contributed by atoms with Gasteiger partial charge in [-0.15, -0.1) is 0 Å². The molecule has 0 aliphatic heterocycles. The number of nitrogens with zero attached hydrogens (tertiary/aromatic N) is 2. The van der Waals surface area contributed by atoms with E-state index in [2.05, 4.69) is 23.4 Å². The highest BCUT2D eigenvalue weighted by Crippen LogP contribution is 2.20. The van der Waals surface area contributed by atoms with Gasteiger partial charge in [-0.25, -0.2) is 13.5 Å². The van der Waals surface area contributed by atoms with Crippen LogP contribution in [-0.2, 0) is 6.42 Å². The van der Waals surface area contributed by atoms with Crippen molar-refractivity contribution >= 4 is 36.1 Å². The first-order valence-corrected chi connectivity index (χ1v) is 9.80. The topological polar surface area (TPSA) is 85.2 Å². The highest BCUT2D eigenvalue weighted by molar-refractivity contribution is 7.82. The molecule has 8 heteroatoms. The zero-order chi connectivity index (χ0) is 22.2. The summed E-state index contributed by atoms with van der Waals surface area (Å²) in [6, 6.07) is 20.7. The molecule has 0 aliphatic rings. The lowest BCUT2D eigenvalue weighted by Gasteiger charge is -2.17. The summed E-state index contributed by atoms with van der Waals surface area (Å²) >= 11 is 4.22. The predicted octanol–water partition coefficient (Wildman–Crippen LogP) is 4.55. The van der Waals surface area contributed by atoms with E-state index in [1.807, 2.05) is 6.07 Å². The number of rotatable bonds is 6. The number of hydrogen-bond donors (Lipinski definition) is 3. The van der Waals surface area contributed by atoms with Crippen molar-refractivity contribution in [2.45, 2.75) is 6.42 Å². The number of amides is 3. The summed E-state index contributed by atoms with van der Waals surface area (Å²) in [4.78, 5) is 24.7. The minimum absolute atomic E-state index is 0.283. The molecule has 0 aliphatic carbocycles. The Morgan fingerprint density at radius 2 is 1.68 bits per heavy atom. The van der Waals surface area contributed by atoms with Crippen molar-refractivity contribution in [1.29, 1.82) is 5.26 Å². The monoisotopic (exact) mass is 434 g/mol. The van der Waals surface area contributed by atoms with Crippen LogP contribution in [0.25, 0.3) is 0 Å². The lowest BCUT2D eigenvalue weighted by Crippen LogP contribution is -2.35. The molecule has 0 saturated heterocycles. The Balaban J connectivity index is 1.55. The van der Waals surface area contributed by atoms with Gasteiger partial charge in [-0.2, -0.15) is 5.26 Å². The van der Waals surface area contributed by atoms with Crippen LogP contribution in [0.3, 0.4) is 0 Å². The zero-order valence-electron chi connectivity index (χ0n) is 16.4. The van der Waals surface area contributed by atoms with E-state index in [4.69, 9.17) is 5.26 Å². The van der Waals surface area contributed by atoms with Gasteiger partial charge < -0.3 is 10.6 Å². The van der Waals surface area contributed by atoms with E-state index in [9.17, 15) is 14.0 Å². The lowest BCUT2D eigenvalue weighted by atomic mass is 10.1. The van der Waals surface area contributed by atoms with Crippen LogP contribution in [0.2, 0.25) is 0 Å². The minimum atomic E-state index is -0.412. The van der Waals surface area contributed by atoms with Crippen LogP contribution in [0.4, 0.5) is 20.6 Å². The van der Waals surface area contributed by atoms with E-state index in [0.29, 0.717) is 24.3 Å². The normalized spacial score (nSPS) is 10.1. The molecular formula is C23H19FN4O2S. The summed E-state index contributed by atoms with van der Waals surface area (Å²) < 4.78 is 14.1. The molecular weight excluding hydrogens is 415 g/mol. The Bertz CT molecular complexity index is 1110. The third-order valence-corrected chi connectivity index (χ3v) is 4.87. The van der Waals surface area contributed by atoms with Gasteiger partial charge in [-0.05, 0) is 60.5 Å². The number of urea groups is 1. The number of nitriles is 1. The van der Waals surface area contributed by atoms with E-state index < -0.39 is 11.9 Å². The van der Waals surface area contributed by atoms with Gasteiger partial charge in [0.1, 0.15) is 5.82 Å². The maximum absolute atomic E-state index is 12.9. The van der Waals surface area contributed by atoms with Crippen LogP contribution in [0.15, 0.2) is 72.8 Å². The van der Waals surface area contributed by atoms with Gasteiger partial charge in [0.2, 0.25) is 0 Å². The van der Waals surface area contributed by atoms with Crippen LogP contribution in [-0.4, -0.2) is 18.5 Å². The highest BCUT2D eigenvalue weighted by Gasteiger charge is 2.13. The number of anilines is 2. The number of thiol groups is 1. The van der Waals surface area contributed by atoms with Gasteiger partial charge in [0.15, 0.2) is 0 Å². The van der Waals surface area contributed by atoms with Gasteiger partial charge in [-0.3, -0.25) is 4.79 Å². The number of carbonyl (C=O) groups is 2. The maximum atomic E-state index is 12.9. The molecule has 0 heterocycles. The first-order valence-electron chi connectivity index (χ1n) is 9.40. The fourth-order valence-corrected chi connectivity index (χ4v) is 3.02. The summed E-state index contributed by atoms with van der Waals surface area (Å²) in [5.74, 6) is -0.700. The Kier molecular flexibility index (Phi) is 7.25. The molecule has 0 atom stereocenters. The largest absolute Gasteiger partial charge is 0.337 e. The second-order valence-electron chi connectivity index (χ2n) is 6.58. The van der Waals surface area contributed by atoms with Crippen molar-refractivity contribution in [2.75, 3.05) is 16.2 Å². The molecule has 156 valence electrons. The SMILES string of the molecule is N#Cc1ccccc1C(=O)Nc1ccc(N(S)C(=O)NCCc2ccc(F)cc2)cc1. The second-order valence-corrected chi connectivity index (χ2v) is 6.98. The average molecular weight is 434 g/mol. The highest BCUT2D eigenvalue weighted by atomic mass is 32.1. The van der Waals surface area contributed by atoms with Crippen molar-refractivity contribution < 1.29 is 14.0 Å².